The van der Waals surface area contributed by atoms with Crippen LogP contribution < -0.4 is 10.2 Å². The van der Waals surface area contributed by atoms with Gasteiger partial charge in [0.05, 0.1) is 13.8 Å². The summed E-state index contributed by atoms with van der Waals surface area (Å²) in [6.45, 7) is 4.87. The summed E-state index contributed by atoms with van der Waals surface area (Å²) in [6, 6.07) is 9.73. The highest BCUT2D eigenvalue weighted by molar-refractivity contribution is 5.96. The normalized spacial score (nSPS) is 16.9. The van der Waals surface area contributed by atoms with Crippen LogP contribution in [-0.4, -0.2) is 92.2 Å². The van der Waals surface area contributed by atoms with Crippen LogP contribution in [0.1, 0.15) is 45.4 Å². The number of amides is 3. The maximum Gasteiger partial charge on any atom is 0.305 e. The Morgan fingerprint density at radius 1 is 1.06 bits per heavy atom. The third kappa shape index (κ3) is 6.75. The van der Waals surface area contributed by atoms with Crippen molar-refractivity contribution in [1.82, 2.24) is 15.1 Å². The summed E-state index contributed by atoms with van der Waals surface area (Å²) in [6.07, 6.45) is 2.61. The molecule has 0 unspecified atom stereocenters. The molecule has 2 fully saturated rings. The van der Waals surface area contributed by atoms with E-state index in [2.05, 4.69) is 15.0 Å². The summed E-state index contributed by atoms with van der Waals surface area (Å²) >= 11 is 0. The van der Waals surface area contributed by atoms with E-state index < -0.39 is 5.54 Å². The van der Waals surface area contributed by atoms with Gasteiger partial charge in [0.1, 0.15) is 12.1 Å². The third-order valence-corrected chi connectivity index (χ3v) is 6.85. The smallest absolute Gasteiger partial charge is 0.305 e. The number of likely N-dealkylation sites (tertiary alicyclic amines) is 1. The van der Waals surface area contributed by atoms with Gasteiger partial charge in [-0.15, -0.1) is 0 Å². The number of ether oxygens (including phenoxy) is 2. The van der Waals surface area contributed by atoms with Gasteiger partial charge in [0.25, 0.3) is 5.91 Å². The van der Waals surface area contributed by atoms with Crippen molar-refractivity contribution in [1.29, 1.82) is 0 Å². The number of nitrogens with zero attached hydrogens (tertiary/aromatic N) is 3. The highest BCUT2D eigenvalue weighted by atomic mass is 16.5. The molecule has 2 saturated heterocycles. The van der Waals surface area contributed by atoms with E-state index in [-0.39, 0.29) is 43.1 Å². The van der Waals surface area contributed by atoms with Gasteiger partial charge in [0.15, 0.2) is 0 Å². The average Bonchev–Trinajstić information content (AvgIpc) is 3.15. The lowest BCUT2D eigenvalue weighted by atomic mass is 9.85. The predicted octanol–water partition coefficient (Wildman–Crippen LogP) is 1.54. The van der Waals surface area contributed by atoms with Gasteiger partial charge in [-0.1, -0.05) is 18.2 Å². The van der Waals surface area contributed by atoms with Gasteiger partial charge in [-0.05, 0) is 44.7 Å². The molecule has 0 radical (unpaired) electrons. The molecule has 3 amide bonds. The van der Waals surface area contributed by atoms with E-state index in [1.54, 1.807) is 9.80 Å². The van der Waals surface area contributed by atoms with E-state index in [4.69, 9.17) is 4.74 Å². The zero-order valence-corrected chi connectivity index (χ0v) is 21.4. The lowest BCUT2D eigenvalue weighted by Crippen LogP contribution is -2.57. The molecular weight excluding hydrogens is 464 g/mol. The van der Waals surface area contributed by atoms with Crippen molar-refractivity contribution in [3.05, 3.63) is 30.3 Å². The molecule has 198 valence electrons. The van der Waals surface area contributed by atoms with Crippen molar-refractivity contribution in [2.45, 2.75) is 51.0 Å². The monoisotopic (exact) mass is 502 g/mol. The van der Waals surface area contributed by atoms with E-state index in [9.17, 15) is 19.2 Å². The molecule has 0 saturated carbocycles. The molecule has 1 aromatic carbocycles. The Balaban J connectivity index is 1.63. The van der Waals surface area contributed by atoms with E-state index in [0.717, 1.165) is 12.1 Å². The van der Waals surface area contributed by atoms with Crippen LogP contribution in [0, 0.1) is 0 Å². The van der Waals surface area contributed by atoms with Crippen LogP contribution in [0.5, 0.6) is 0 Å². The van der Waals surface area contributed by atoms with Crippen molar-refractivity contribution in [2.24, 2.45) is 0 Å². The Morgan fingerprint density at radius 2 is 1.78 bits per heavy atom. The second-order valence-electron chi connectivity index (χ2n) is 9.15. The minimum absolute atomic E-state index is 0.00523. The number of hydrogen-bond acceptors (Lipinski definition) is 7. The third-order valence-electron chi connectivity index (χ3n) is 6.85. The van der Waals surface area contributed by atoms with Crippen molar-refractivity contribution in [3.63, 3.8) is 0 Å². The van der Waals surface area contributed by atoms with Crippen molar-refractivity contribution in [3.8, 4) is 0 Å². The lowest BCUT2D eigenvalue weighted by Gasteiger charge is -2.43. The fourth-order valence-corrected chi connectivity index (χ4v) is 4.87. The number of para-hydroxylation sites is 1. The first-order chi connectivity index (χ1) is 17.4. The largest absolute Gasteiger partial charge is 0.469 e. The van der Waals surface area contributed by atoms with Crippen molar-refractivity contribution < 1.29 is 28.7 Å². The number of anilines is 1. The molecule has 2 aliphatic heterocycles. The molecule has 1 aromatic rings. The molecule has 0 bridgehead atoms. The predicted molar refractivity (Wildman–Crippen MR) is 134 cm³/mol. The molecule has 0 aromatic heterocycles. The Morgan fingerprint density at radius 3 is 2.44 bits per heavy atom. The van der Waals surface area contributed by atoms with E-state index >= 15 is 0 Å². The first-order valence-electron chi connectivity index (χ1n) is 12.7. The quantitative estimate of drug-likeness (QED) is 0.341. The summed E-state index contributed by atoms with van der Waals surface area (Å²) < 4.78 is 9.93. The Kier molecular flexibility index (Phi) is 10.1. The minimum atomic E-state index is -0.792. The number of hydrogen-bond donors (Lipinski definition) is 1. The summed E-state index contributed by atoms with van der Waals surface area (Å²) in [5.74, 6) is -0.612. The first-order valence-corrected chi connectivity index (χ1v) is 12.7. The van der Waals surface area contributed by atoms with E-state index in [1.165, 1.54) is 7.11 Å². The lowest BCUT2D eigenvalue weighted by molar-refractivity contribution is -0.141. The summed E-state index contributed by atoms with van der Waals surface area (Å²) in [5, 5.41) is 2.87. The standard InChI is InChI=1S/C26H38N4O6/c1-3-36-18-8-15-27-22(31)19-29-20-30(21-9-5-4-6-10-21)26(25(29)34)13-16-28(17-14-26)23(32)11-7-12-24(33)35-2/h4-6,9-10H,3,7-8,11-20H2,1-2H3,(H,27,31). The Labute approximate surface area is 212 Å². The van der Waals surface area contributed by atoms with Crippen LogP contribution in [0.15, 0.2) is 30.3 Å². The summed E-state index contributed by atoms with van der Waals surface area (Å²) in [7, 11) is 1.33. The zero-order valence-electron chi connectivity index (χ0n) is 21.4. The van der Waals surface area contributed by atoms with Crippen molar-refractivity contribution >= 4 is 29.4 Å². The van der Waals surface area contributed by atoms with Gasteiger partial charge in [0.2, 0.25) is 11.8 Å². The SMILES string of the molecule is CCOCCCNC(=O)CN1CN(c2ccccc2)C2(CCN(C(=O)CCCC(=O)OC)CC2)C1=O. The van der Waals surface area contributed by atoms with Crippen LogP contribution >= 0.6 is 0 Å². The first kappa shape index (κ1) is 27.4. The molecule has 2 aliphatic rings. The fourth-order valence-electron chi connectivity index (χ4n) is 4.87. The molecule has 1 N–H and O–H groups in total. The van der Waals surface area contributed by atoms with Gasteiger partial charge in [-0.2, -0.15) is 0 Å². The highest BCUT2D eigenvalue weighted by Gasteiger charge is 2.54. The van der Waals surface area contributed by atoms with Crippen LogP contribution in [-0.2, 0) is 28.7 Å². The number of carbonyl (C=O) groups is 4. The molecule has 0 aliphatic carbocycles. The maximum atomic E-state index is 13.7. The fraction of sp³-hybridized carbons (Fsp3) is 0.615. The number of rotatable bonds is 12. The highest BCUT2D eigenvalue weighted by Crippen LogP contribution is 2.39. The van der Waals surface area contributed by atoms with Gasteiger partial charge >= 0.3 is 5.97 Å². The number of esters is 1. The molecule has 0 atom stereocenters. The topological polar surface area (TPSA) is 108 Å². The molecule has 10 heteroatoms. The second-order valence-corrected chi connectivity index (χ2v) is 9.15. The van der Waals surface area contributed by atoms with Crippen LogP contribution in [0.25, 0.3) is 0 Å². The van der Waals surface area contributed by atoms with Gasteiger partial charge < -0.3 is 29.5 Å². The number of methoxy groups -OCH3 is 1. The zero-order chi connectivity index (χ0) is 26.0. The molecule has 1 spiro atoms. The van der Waals surface area contributed by atoms with Gasteiger partial charge in [-0.3, -0.25) is 19.2 Å². The van der Waals surface area contributed by atoms with Crippen LogP contribution in [0.3, 0.4) is 0 Å². The molecular formula is C26H38N4O6. The van der Waals surface area contributed by atoms with Gasteiger partial charge in [0, 0.05) is 51.4 Å². The van der Waals surface area contributed by atoms with E-state index in [0.29, 0.717) is 58.8 Å². The number of nitrogens with one attached hydrogen (secondary N) is 1. The van der Waals surface area contributed by atoms with Crippen LogP contribution in [0.4, 0.5) is 5.69 Å². The Hall–Kier alpha value is -3.14. The van der Waals surface area contributed by atoms with Crippen molar-refractivity contribution in [2.75, 3.05) is 58.1 Å². The molecule has 10 nitrogen and oxygen atoms in total. The maximum absolute atomic E-state index is 13.7. The number of carbonyl (C=O) groups excluding carboxylic acids is 4. The summed E-state index contributed by atoms with van der Waals surface area (Å²) in [4.78, 5) is 55.7. The second kappa shape index (κ2) is 13.2. The molecule has 2 heterocycles. The minimum Gasteiger partial charge on any atom is -0.469 e. The average molecular weight is 503 g/mol. The molecule has 36 heavy (non-hydrogen) atoms. The van der Waals surface area contributed by atoms with Gasteiger partial charge in [-0.25, -0.2) is 0 Å². The van der Waals surface area contributed by atoms with Crippen LogP contribution in [0.2, 0.25) is 0 Å². The summed E-state index contributed by atoms with van der Waals surface area (Å²) in [5.41, 5.74) is 0.127. The Bertz CT molecular complexity index is 901. The number of piperidine rings is 1. The number of benzene rings is 1. The van der Waals surface area contributed by atoms with E-state index in [1.807, 2.05) is 37.3 Å². The molecule has 3 rings (SSSR count).